The molecule has 3 aliphatic rings. The van der Waals surface area contributed by atoms with Crippen molar-refractivity contribution >= 4 is 0 Å². The lowest BCUT2D eigenvalue weighted by Gasteiger charge is -2.48. The maximum Gasteiger partial charge on any atom is 0.231 e. The van der Waals surface area contributed by atoms with E-state index in [1.165, 1.54) is 18.4 Å². The van der Waals surface area contributed by atoms with Crippen LogP contribution in [-0.2, 0) is 12.1 Å². The fourth-order valence-electron chi connectivity index (χ4n) is 4.96. The van der Waals surface area contributed by atoms with Gasteiger partial charge in [-0.25, -0.2) is 0 Å². The smallest absolute Gasteiger partial charge is 0.231 e. The van der Waals surface area contributed by atoms with Crippen LogP contribution in [0.25, 0.3) is 0 Å². The lowest BCUT2D eigenvalue weighted by atomic mass is 9.79. The summed E-state index contributed by atoms with van der Waals surface area (Å²) in [5, 5.41) is 11.8. The third-order valence-electron chi connectivity index (χ3n) is 6.49. The minimum absolute atomic E-state index is 0.125. The van der Waals surface area contributed by atoms with Gasteiger partial charge in [0.15, 0.2) is 11.5 Å². The van der Waals surface area contributed by atoms with Gasteiger partial charge in [-0.1, -0.05) is 36.4 Å². The molecule has 28 heavy (non-hydrogen) atoms. The first kappa shape index (κ1) is 18.0. The van der Waals surface area contributed by atoms with Crippen molar-refractivity contribution in [3.8, 4) is 11.5 Å². The van der Waals surface area contributed by atoms with Crippen LogP contribution >= 0.6 is 0 Å². The molecule has 1 N–H and O–H groups in total. The molecule has 5 heteroatoms. The molecule has 0 spiro atoms. The van der Waals surface area contributed by atoms with Crippen molar-refractivity contribution in [2.75, 3.05) is 33.0 Å². The summed E-state index contributed by atoms with van der Waals surface area (Å²) in [4.78, 5) is 4.97. The van der Waals surface area contributed by atoms with E-state index < -0.39 is 5.60 Å². The van der Waals surface area contributed by atoms with Crippen molar-refractivity contribution in [3.05, 3.63) is 59.7 Å². The van der Waals surface area contributed by atoms with E-state index in [4.69, 9.17) is 9.47 Å². The number of benzene rings is 2. The van der Waals surface area contributed by atoms with Crippen LogP contribution in [0.15, 0.2) is 48.5 Å². The summed E-state index contributed by atoms with van der Waals surface area (Å²) in [6.45, 7) is 5.09. The fourth-order valence-corrected chi connectivity index (χ4v) is 4.96. The van der Waals surface area contributed by atoms with E-state index in [0.29, 0.717) is 6.79 Å². The second-order valence-corrected chi connectivity index (χ2v) is 8.22. The van der Waals surface area contributed by atoms with Gasteiger partial charge in [0, 0.05) is 19.6 Å². The zero-order chi connectivity index (χ0) is 19.0. The Morgan fingerprint density at radius 1 is 0.964 bits per heavy atom. The molecule has 5 nitrogen and oxygen atoms in total. The van der Waals surface area contributed by atoms with Gasteiger partial charge in [-0.3, -0.25) is 9.80 Å². The van der Waals surface area contributed by atoms with Crippen LogP contribution in [0.2, 0.25) is 0 Å². The first-order valence-corrected chi connectivity index (χ1v) is 10.4. The highest BCUT2D eigenvalue weighted by Crippen LogP contribution is 2.38. The SMILES string of the molecule is O[C@]1(c2ccccc2)CCN(Cc2ccc3c(c2)OCO3)C[C@H]1N1CCCC1. The average molecular weight is 380 g/mol. The summed E-state index contributed by atoms with van der Waals surface area (Å²) in [7, 11) is 0. The molecule has 0 amide bonds. The predicted molar refractivity (Wildman–Crippen MR) is 107 cm³/mol. The van der Waals surface area contributed by atoms with Crippen molar-refractivity contribution in [1.29, 1.82) is 0 Å². The topological polar surface area (TPSA) is 45.2 Å². The van der Waals surface area contributed by atoms with E-state index >= 15 is 0 Å². The normalized spacial score (nSPS) is 28.0. The fraction of sp³-hybridized carbons (Fsp3) is 0.478. The summed E-state index contributed by atoms with van der Waals surface area (Å²) in [5.41, 5.74) is 1.50. The summed E-state index contributed by atoms with van der Waals surface area (Å²) in [6, 6.07) is 16.6. The van der Waals surface area contributed by atoms with Crippen LogP contribution < -0.4 is 9.47 Å². The third-order valence-corrected chi connectivity index (χ3v) is 6.49. The Morgan fingerprint density at radius 3 is 2.57 bits per heavy atom. The molecule has 0 aliphatic carbocycles. The highest BCUT2D eigenvalue weighted by Gasteiger charge is 2.46. The highest BCUT2D eigenvalue weighted by atomic mass is 16.7. The van der Waals surface area contributed by atoms with Gasteiger partial charge < -0.3 is 14.6 Å². The summed E-state index contributed by atoms with van der Waals surface area (Å²) >= 11 is 0. The van der Waals surface area contributed by atoms with Crippen molar-refractivity contribution in [1.82, 2.24) is 9.80 Å². The van der Waals surface area contributed by atoms with Gasteiger partial charge in [-0.2, -0.15) is 0 Å². The molecule has 0 unspecified atom stereocenters. The molecule has 0 bridgehead atoms. The first-order chi connectivity index (χ1) is 13.7. The van der Waals surface area contributed by atoms with Crippen LogP contribution in [0.4, 0.5) is 0 Å². The minimum Gasteiger partial charge on any atom is -0.454 e. The number of ether oxygens (including phenoxy) is 2. The molecule has 2 fully saturated rings. The summed E-state index contributed by atoms with van der Waals surface area (Å²) in [5.74, 6) is 1.67. The molecule has 2 saturated heterocycles. The molecular weight excluding hydrogens is 352 g/mol. The lowest BCUT2D eigenvalue weighted by Crippen LogP contribution is -2.60. The standard InChI is InChI=1S/C23H28N2O3/c26-23(19-6-2-1-3-7-19)10-13-24(16-22(23)25-11-4-5-12-25)15-18-8-9-20-21(14-18)28-17-27-20/h1-3,6-9,14,22,26H,4-5,10-13,15-17H2/t22-,23+/m1/s1. The molecule has 0 saturated carbocycles. The number of hydrogen-bond donors (Lipinski definition) is 1. The highest BCUT2D eigenvalue weighted by molar-refractivity contribution is 5.44. The third kappa shape index (κ3) is 3.28. The zero-order valence-electron chi connectivity index (χ0n) is 16.2. The van der Waals surface area contributed by atoms with Crippen LogP contribution in [0, 0.1) is 0 Å². The summed E-state index contributed by atoms with van der Waals surface area (Å²) in [6.07, 6.45) is 3.20. The molecule has 3 heterocycles. The number of hydrogen-bond acceptors (Lipinski definition) is 5. The second kappa shape index (κ2) is 7.39. The zero-order valence-corrected chi connectivity index (χ0v) is 16.2. The van der Waals surface area contributed by atoms with Crippen LogP contribution in [0.3, 0.4) is 0 Å². The van der Waals surface area contributed by atoms with Crippen molar-refractivity contribution in [3.63, 3.8) is 0 Å². The molecule has 2 aromatic carbocycles. The Balaban J connectivity index is 1.37. The Hall–Kier alpha value is -2.08. The van der Waals surface area contributed by atoms with Crippen LogP contribution in [0.1, 0.15) is 30.4 Å². The van der Waals surface area contributed by atoms with E-state index in [0.717, 1.165) is 56.2 Å². The monoisotopic (exact) mass is 380 g/mol. The largest absolute Gasteiger partial charge is 0.454 e. The number of aliphatic hydroxyl groups is 1. The minimum atomic E-state index is -0.781. The van der Waals surface area contributed by atoms with Gasteiger partial charge >= 0.3 is 0 Å². The molecule has 3 aliphatic heterocycles. The van der Waals surface area contributed by atoms with E-state index in [2.05, 4.69) is 34.1 Å². The molecule has 2 aromatic rings. The van der Waals surface area contributed by atoms with Gasteiger partial charge in [-0.15, -0.1) is 0 Å². The van der Waals surface area contributed by atoms with E-state index in [9.17, 15) is 5.11 Å². The van der Waals surface area contributed by atoms with Crippen molar-refractivity contribution in [2.24, 2.45) is 0 Å². The van der Waals surface area contributed by atoms with E-state index in [1.807, 2.05) is 24.3 Å². The Bertz CT molecular complexity index is 822. The molecule has 5 rings (SSSR count). The first-order valence-electron chi connectivity index (χ1n) is 10.4. The summed E-state index contributed by atoms with van der Waals surface area (Å²) < 4.78 is 11.0. The maximum absolute atomic E-state index is 11.8. The number of fused-ring (bicyclic) bond motifs is 1. The van der Waals surface area contributed by atoms with Gasteiger partial charge in [0.25, 0.3) is 0 Å². The van der Waals surface area contributed by atoms with Crippen molar-refractivity contribution in [2.45, 2.75) is 37.5 Å². The predicted octanol–water partition coefficient (Wildman–Crippen LogP) is 2.97. The molecule has 0 radical (unpaired) electrons. The molecule has 2 atom stereocenters. The van der Waals surface area contributed by atoms with E-state index in [-0.39, 0.29) is 6.04 Å². The average Bonchev–Trinajstić information content (AvgIpc) is 3.42. The van der Waals surface area contributed by atoms with Gasteiger partial charge in [0.1, 0.15) is 5.60 Å². The number of piperidine rings is 1. The number of rotatable bonds is 4. The van der Waals surface area contributed by atoms with Crippen molar-refractivity contribution < 1.29 is 14.6 Å². The second-order valence-electron chi connectivity index (χ2n) is 8.22. The Labute approximate surface area is 166 Å². The van der Waals surface area contributed by atoms with Gasteiger partial charge in [0.2, 0.25) is 6.79 Å². The van der Waals surface area contributed by atoms with Gasteiger partial charge in [0.05, 0.1) is 6.04 Å². The molecule has 148 valence electrons. The Morgan fingerprint density at radius 2 is 1.75 bits per heavy atom. The van der Waals surface area contributed by atoms with Crippen LogP contribution in [0.5, 0.6) is 11.5 Å². The Kier molecular flexibility index (Phi) is 4.75. The maximum atomic E-state index is 11.8. The van der Waals surface area contributed by atoms with Crippen LogP contribution in [-0.4, -0.2) is 53.9 Å². The lowest BCUT2D eigenvalue weighted by molar-refractivity contribution is -0.0959. The number of nitrogens with zero attached hydrogens (tertiary/aromatic N) is 2. The molecule has 0 aromatic heterocycles. The van der Waals surface area contributed by atoms with Gasteiger partial charge in [-0.05, 0) is 55.6 Å². The van der Waals surface area contributed by atoms with E-state index in [1.54, 1.807) is 0 Å². The quantitative estimate of drug-likeness (QED) is 0.884. The number of likely N-dealkylation sites (tertiary alicyclic amines) is 2. The molecular formula is C23H28N2O3.